The largest absolute Gasteiger partial charge is 0.361 e. The summed E-state index contributed by atoms with van der Waals surface area (Å²) in [4.78, 5) is 35.8. The zero-order valence-electron chi connectivity index (χ0n) is 20.0. The van der Waals surface area contributed by atoms with Gasteiger partial charge in [0.25, 0.3) is 0 Å². The highest BCUT2D eigenvalue weighted by atomic mass is 28.3. The number of nitrogens with one attached hydrogen (secondary N) is 2. The number of piperidine rings is 1. The Labute approximate surface area is 196 Å². The molecule has 3 amide bonds. The summed E-state index contributed by atoms with van der Waals surface area (Å²) in [6.45, 7) is 9.53. The molecule has 3 heterocycles. The number of anilines is 1. The number of hydrogen-bond acceptors (Lipinski definition) is 5. The van der Waals surface area contributed by atoms with Crippen LogP contribution in [0, 0.1) is 5.92 Å². The van der Waals surface area contributed by atoms with Crippen LogP contribution in [0.25, 0.3) is 11.2 Å². The molecule has 1 aliphatic carbocycles. The monoisotopic (exact) mass is 472 g/mol. The Balaban J connectivity index is 1.26. The van der Waals surface area contributed by atoms with Crippen LogP contribution in [0.4, 0.5) is 10.6 Å². The highest BCUT2D eigenvalue weighted by Crippen LogP contribution is 2.33. The zero-order chi connectivity index (χ0) is 23.4. The summed E-state index contributed by atoms with van der Waals surface area (Å²) in [5.41, 5.74) is 1.43. The Kier molecular flexibility index (Phi) is 7.33. The molecule has 4 rings (SSSR count). The normalized spacial score (nSPS) is 19.0. The maximum Gasteiger partial charge on any atom is 0.320 e. The van der Waals surface area contributed by atoms with Crippen LogP contribution < -0.4 is 10.6 Å². The number of nitrogens with zero attached hydrogens (tertiary/aromatic N) is 4. The number of ether oxygens (including phenoxy) is 1. The molecule has 2 aromatic heterocycles. The molecule has 1 aliphatic heterocycles. The molecule has 2 aromatic rings. The second-order valence-electron chi connectivity index (χ2n) is 10.5. The second kappa shape index (κ2) is 10.2. The Morgan fingerprint density at radius 2 is 2.06 bits per heavy atom. The van der Waals surface area contributed by atoms with Gasteiger partial charge in [0.1, 0.15) is 12.2 Å². The third kappa shape index (κ3) is 7.01. The first kappa shape index (κ1) is 23.7. The number of fused-ring (bicyclic) bond motifs is 1. The van der Waals surface area contributed by atoms with Crippen molar-refractivity contribution in [1.82, 2.24) is 24.8 Å². The van der Waals surface area contributed by atoms with Crippen LogP contribution in [-0.2, 0) is 16.3 Å². The predicted octanol–water partition coefficient (Wildman–Crippen LogP) is 3.66. The summed E-state index contributed by atoms with van der Waals surface area (Å²) < 4.78 is 7.74. The summed E-state index contributed by atoms with van der Waals surface area (Å²) in [6, 6.07) is 2.62. The first-order valence-corrected chi connectivity index (χ1v) is 15.7. The highest BCUT2D eigenvalue weighted by molar-refractivity contribution is 6.76. The summed E-state index contributed by atoms with van der Waals surface area (Å²) >= 11 is 0. The molecule has 0 spiro atoms. The Morgan fingerprint density at radius 1 is 1.24 bits per heavy atom. The van der Waals surface area contributed by atoms with E-state index in [0.29, 0.717) is 36.9 Å². The first-order valence-electron chi connectivity index (χ1n) is 12.0. The van der Waals surface area contributed by atoms with Crippen LogP contribution in [0.15, 0.2) is 18.5 Å². The van der Waals surface area contributed by atoms with Crippen molar-refractivity contribution in [1.29, 1.82) is 0 Å². The van der Waals surface area contributed by atoms with Gasteiger partial charge in [-0.15, -0.1) is 0 Å². The lowest BCUT2D eigenvalue weighted by Gasteiger charge is -2.33. The fraction of sp³-hybridized carbons (Fsp3) is 0.652. The molecule has 2 N–H and O–H groups in total. The molecule has 2 fully saturated rings. The minimum Gasteiger partial charge on any atom is -0.361 e. The molecule has 10 heteroatoms. The Morgan fingerprint density at radius 3 is 2.82 bits per heavy atom. The SMILES string of the molecule is C[Si](C)(C)CCOCn1ccc2nc(NC(=O)NC3CCCN(C(=O)CC4CC4)C3)cnc21. The molecule has 0 radical (unpaired) electrons. The molecule has 0 bridgehead atoms. The zero-order valence-corrected chi connectivity index (χ0v) is 21.0. The maximum absolute atomic E-state index is 12.5. The number of rotatable bonds is 9. The average Bonchev–Trinajstić information content (AvgIpc) is 3.48. The van der Waals surface area contributed by atoms with E-state index in [1.54, 1.807) is 6.20 Å². The van der Waals surface area contributed by atoms with Gasteiger partial charge in [0.05, 0.1) is 6.20 Å². The minimum atomic E-state index is -1.11. The quantitative estimate of drug-likeness (QED) is 0.428. The molecule has 1 atom stereocenters. The van der Waals surface area contributed by atoms with Gasteiger partial charge in [0.15, 0.2) is 11.5 Å². The number of aromatic nitrogens is 3. The van der Waals surface area contributed by atoms with Crippen molar-refractivity contribution < 1.29 is 14.3 Å². The minimum absolute atomic E-state index is 0.0482. The fourth-order valence-electron chi connectivity index (χ4n) is 4.02. The van der Waals surface area contributed by atoms with Gasteiger partial charge >= 0.3 is 6.03 Å². The molecule has 1 saturated carbocycles. The van der Waals surface area contributed by atoms with Crippen LogP contribution in [0.5, 0.6) is 0 Å². The van der Waals surface area contributed by atoms with Gasteiger partial charge in [0.2, 0.25) is 5.91 Å². The van der Waals surface area contributed by atoms with Crippen molar-refractivity contribution >= 4 is 37.0 Å². The summed E-state index contributed by atoms with van der Waals surface area (Å²) in [7, 11) is -1.11. The number of carbonyl (C=O) groups excluding carboxylic acids is 2. The van der Waals surface area contributed by atoms with Crippen molar-refractivity contribution in [3.05, 3.63) is 18.5 Å². The van der Waals surface area contributed by atoms with Crippen molar-refractivity contribution in [2.24, 2.45) is 5.92 Å². The summed E-state index contributed by atoms with van der Waals surface area (Å²) in [5, 5.41) is 5.77. The van der Waals surface area contributed by atoms with Gasteiger partial charge in [-0.05, 0) is 43.7 Å². The third-order valence-corrected chi connectivity index (χ3v) is 7.91. The molecule has 2 aliphatic rings. The van der Waals surface area contributed by atoms with Gasteiger partial charge in [-0.25, -0.2) is 14.8 Å². The van der Waals surface area contributed by atoms with Crippen LogP contribution >= 0.6 is 0 Å². The summed E-state index contributed by atoms with van der Waals surface area (Å²) in [5.74, 6) is 1.19. The smallest absolute Gasteiger partial charge is 0.320 e. The van der Waals surface area contributed by atoms with Crippen LogP contribution in [-0.4, -0.2) is 65.2 Å². The van der Waals surface area contributed by atoms with E-state index in [1.807, 2.05) is 21.7 Å². The van der Waals surface area contributed by atoms with Gasteiger partial charge in [-0.3, -0.25) is 10.1 Å². The number of urea groups is 1. The maximum atomic E-state index is 12.5. The van der Waals surface area contributed by atoms with Gasteiger partial charge in [-0.2, -0.15) is 0 Å². The molecule has 180 valence electrons. The van der Waals surface area contributed by atoms with Crippen molar-refractivity contribution in [3.8, 4) is 0 Å². The molecule has 1 saturated heterocycles. The number of amides is 3. The Hall–Kier alpha value is -2.46. The van der Waals surface area contributed by atoms with E-state index in [0.717, 1.165) is 37.7 Å². The van der Waals surface area contributed by atoms with Crippen molar-refractivity contribution in [2.75, 3.05) is 25.0 Å². The Bertz CT molecular complexity index is 984. The van der Waals surface area contributed by atoms with Crippen LogP contribution in [0.1, 0.15) is 32.1 Å². The highest BCUT2D eigenvalue weighted by Gasteiger charge is 2.30. The molecule has 1 unspecified atom stereocenters. The lowest BCUT2D eigenvalue weighted by molar-refractivity contribution is -0.132. The molecular formula is C23H36N6O3Si. The summed E-state index contributed by atoms with van der Waals surface area (Å²) in [6.07, 6.45) is 8.23. The average molecular weight is 473 g/mol. The number of likely N-dealkylation sites (tertiary alicyclic amines) is 1. The fourth-order valence-corrected chi connectivity index (χ4v) is 4.78. The van der Waals surface area contributed by atoms with Gasteiger partial charge < -0.3 is 19.5 Å². The topological polar surface area (TPSA) is 101 Å². The number of hydrogen-bond donors (Lipinski definition) is 2. The van der Waals surface area contributed by atoms with Gasteiger partial charge in [0, 0.05) is 46.4 Å². The van der Waals surface area contributed by atoms with Crippen molar-refractivity contribution in [2.45, 2.75) is 70.6 Å². The second-order valence-corrected chi connectivity index (χ2v) is 16.1. The predicted molar refractivity (Wildman–Crippen MR) is 131 cm³/mol. The lowest BCUT2D eigenvalue weighted by atomic mass is 10.1. The van der Waals surface area contributed by atoms with E-state index in [9.17, 15) is 9.59 Å². The van der Waals surface area contributed by atoms with E-state index in [-0.39, 0.29) is 18.0 Å². The van der Waals surface area contributed by atoms with E-state index < -0.39 is 8.07 Å². The lowest BCUT2D eigenvalue weighted by Crippen LogP contribution is -2.50. The van der Waals surface area contributed by atoms with E-state index >= 15 is 0 Å². The molecule has 9 nitrogen and oxygen atoms in total. The van der Waals surface area contributed by atoms with Gasteiger partial charge in [-0.1, -0.05) is 19.6 Å². The molecular weight excluding hydrogens is 436 g/mol. The first-order chi connectivity index (χ1) is 15.8. The number of carbonyl (C=O) groups is 2. The van der Waals surface area contributed by atoms with E-state index in [1.165, 1.54) is 12.8 Å². The van der Waals surface area contributed by atoms with Crippen molar-refractivity contribution in [3.63, 3.8) is 0 Å². The van der Waals surface area contributed by atoms with E-state index in [2.05, 4.69) is 40.2 Å². The standard InChI is InChI=1S/C23H36N6O3Si/c1-33(2,3)12-11-32-16-29-10-8-19-22(29)24-14-20(26-19)27-23(31)25-18-5-4-9-28(15-18)21(30)13-17-6-7-17/h8,10,14,17-18H,4-7,9,11-13,15-16H2,1-3H3,(H2,25,26,27,31). The van der Waals surface area contributed by atoms with Crippen LogP contribution in [0.2, 0.25) is 25.7 Å². The molecule has 33 heavy (non-hydrogen) atoms. The molecule has 0 aromatic carbocycles. The van der Waals surface area contributed by atoms with E-state index in [4.69, 9.17) is 4.74 Å². The third-order valence-electron chi connectivity index (χ3n) is 6.20. The van der Waals surface area contributed by atoms with Crippen LogP contribution in [0.3, 0.4) is 0 Å².